The molecule has 1 aromatic rings. The van der Waals surface area contributed by atoms with Gasteiger partial charge in [0.25, 0.3) is 0 Å². The summed E-state index contributed by atoms with van der Waals surface area (Å²) in [6, 6.07) is 10.7. The van der Waals surface area contributed by atoms with Crippen LogP contribution in [0.15, 0.2) is 54.1 Å². The Morgan fingerprint density at radius 3 is 2.53 bits per heavy atom. The van der Waals surface area contributed by atoms with Crippen LogP contribution in [0.25, 0.3) is 0 Å². The third kappa shape index (κ3) is 3.39. The Morgan fingerprint density at radius 1 is 0.933 bits per heavy atom. The third-order valence-corrected chi connectivity index (χ3v) is 2.85. The minimum atomic E-state index is 1.20. The van der Waals surface area contributed by atoms with Gasteiger partial charge in [-0.3, -0.25) is 0 Å². The first-order chi connectivity index (χ1) is 7.45. The highest BCUT2D eigenvalue weighted by Crippen LogP contribution is 2.16. The normalized spacial score (nSPS) is 15.1. The molecule has 1 aliphatic carbocycles. The number of hydrogen-bond donors (Lipinski definition) is 0. The fourth-order valence-corrected chi connectivity index (χ4v) is 1.99. The molecule has 15 heavy (non-hydrogen) atoms. The SMILES string of the molecule is C1=CC(CCCc2ccccc2)=CCC1. The minimum Gasteiger partial charge on any atom is -0.0840 e. The molecule has 1 aliphatic rings. The van der Waals surface area contributed by atoms with Crippen molar-refractivity contribution in [1.82, 2.24) is 0 Å². The lowest BCUT2D eigenvalue weighted by Crippen LogP contribution is -1.89. The van der Waals surface area contributed by atoms with Crippen LogP contribution in [-0.2, 0) is 6.42 Å². The van der Waals surface area contributed by atoms with Gasteiger partial charge in [0.05, 0.1) is 0 Å². The van der Waals surface area contributed by atoms with Gasteiger partial charge in [-0.25, -0.2) is 0 Å². The van der Waals surface area contributed by atoms with Gasteiger partial charge in [-0.15, -0.1) is 0 Å². The second-order valence-corrected chi connectivity index (χ2v) is 4.10. The Balaban J connectivity index is 1.75. The molecule has 0 aliphatic heterocycles. The zero-order valence-corrected chi connectivity index (χ0v) is 9.15. The Bertz CT molecular complexity index is 344. The molecule has 0 saturated carbocycles. The van der Waals surface area contributed by atoms with Crippen molar-refractivity contribution in [2.45, 2.75) is 32.1 Å². The first-order valence-electron chi connectivity index (χ1n) is 5.84. The maximum Gasteiger partial charge on any atom is -0.0276 e. The van der Waals surface area contributed by atoms with Crippen LogP contribution in [0.2, 0.25) is 0 Å². The number of benzene rings is 1. The van der Waals surface area contributed by atoms with E-state index in [1.807, 2.05) is 0 Å². The Hall–Kier alpha value is -1.30. The highest BCUT2D eigenvalue weighted by atomic mass is 14.0. The maximum absolute atomic E-state index is 2.38. The van der Waals surface area contributed by atoms with Gasteiger partial charge in [0.1, 0.15) is 0 Å². The van der Waals surface area contributed by atoms with E-state index in [0.29, 0.717) is 0 Å². The lowest BCUT2D eigenvalue weighted by Gasteiger charge is -2.06. The average molecular weight is 198 g/mol. The Kier molecular flexibility index (Phi) is 3.78. The maximum atomic E-state index is 2.38. The van der Waals surface area contributed by atoms with Crippen molar-refractivity contribution in [3.63, 3.8) is 0 Å². The summed E-state index contributed by atoms with van der Waals surface area (Å²) in [4.78, 5) is 0. The standard InChI is InChI=1S/C15H18/c1-3-8-14(9-4-1)12-7-13-15-10-5-2-6-11-15/h1,3-5,8-11H,2,6-7,12-13H2. The second-order valence-electron chi connectivity index (χ2n) is 4.10. The van der Waals surface area contributed by atoms with E-state index < -0.39 is 0 Å². The van der Waals surface area contributed by atoms with E-state index in [9.17, 15) is 0 Å². The minimum absolute atomic E-state index is 1.20. The van der Waals surface area contributed by atoms with Gasteiger partial charge in [0.15, 0.2) is 0 Å². The fourth-order valence-electron chi connectivity index (χ4n) is 1.99. The average Bonchev–Trinajstić information content (AvgIpc) is 2.32. The van der Waals surface area contributed by atoms with Crippen molar-refractivity contribution in [2.24, 2.45) is 0 Å². The van der Waals surface area contributed by atoms with Crippen molar-refractivity contribution in [3.8, 4) is 0 Å². The molecule has 78 valence electrons. The Labute approximate surface area is 92.3 Å². The predicted octanol–water partition coefficient (Wildman–Crippen LogP) is 4.29. The van der Waals surface area contributed by atoms with Gasteiger partial charge in [-0.2, -0.15) is 0 Å². The van der Waals surface area contributed by atoms with Gasteiger partial charge >= 0.3 is 0 Å². The summed E-state index contributed by atoms with van der Waals surface area (Å²) >= 11 is 0. The number of hydrogen-bond acceptors (Lipinski definition) is 0. The molecule has 0 bridgehead atoms. The summed E-state index contributed by atoms with van der Waals surface area (Å²) < 4.78 is 0. The van der Waals surface area contributed by atoms with Crippen LogP contribution < -0.4 is 0 Å². The lowest BCUT2D eigenvalue weighted by atomic mass is 10.00. The van der Waals surface area contributed by atoms with E-state index in [2.05, 4.69) is 48.6 Å². The molecule has 0 fully saturated rings. The smallest absolute Gasteiger partial charge is 0.0276 e. The molecule has 0 heterocycles. The summed E-state index contributed by atoms with van der Waals surface area (Å²) in [5.41, 5.74) is 2.98. The monoisotopic (exact) mass is 198 g/mol. The van der Waals surface area contributed by atoms with Crippen LogP contribution in [0.1, 0.15) is 31.2 Å². The highest BCUT2D eigenvalue weighted by molar-refractivity contribution is 5.22. The summed E-state index contributed by atoms with van der Waals surface area (Å²) in [6.45, 7) is 0. The zero-order valence-electron chi connectivity index (χ0n) is 9.15. The van der Waals surface area contributed by atoms with Crippen molar-refractivity contribution >= 4 is 0 Å². The Morgan fingerprint density at radius 2 is 1.80 bits per heavy atom. The van der Waals surface area contributed by atoms with Crippen LogP contribution in [0.5, 0.6) is 0 Å². The fraction of sp³-hybridized carbons (Fsp3) is 0.333. The van der Waals surface area contributed by atoms with Gasteiger partial charge in [-0.1, -0.05) is 54.1 Å². The number of aryl methyl sites for hydroxylation is 1. The van der Waals surface area contributed by atoms with Gasteiger partial charge in [0.2, 0.25) is 0 Å². The number of allylic oxidation sites excluding steroid dienone is 4. The van der Waals surface area contributed by atoms with E-state index in [-0.39, 0.29) is 0 Å². The molecule has 0 heteroatoms. The molecule has 0 nitrogen and oxygen atoms in total. The van der Waals surface area contributed by atoms with Crippen LogP contribution in [0.4, 0.5) is 0 Å². The molecule has 0 saturated heterocycles. The first kappa shape index (κ1) is 10.2. The molecule has 0 amide bonds. The van der Waals surface area contributed by atoms with Crippen LogP contribution >= 0.6 is 0 Å². The molecule has 0 N–H and O–H groups in total. The highest BCUT2D eigenvalue weighted by Gasteiger charge is 1.98. The van der Waals surface area contributed by atoms with Gasteiger partial charge < -0.3 is 0 Å². The second kappa shape index (κ2) is 5.55. The van der Waals surface area contributed by atoms with Gasteiger partial charge in [-0.05, 0) is 37.7 Å². The topological polar surface area (TPSA) is 0 Å². The molecule has 0 aromatic heterocycles. The summed E-state index contributed by atoms with van der Waals surface area (Å²) in [6.07, 6.45) is 13.1. The molecular weight excluding hydrogens is 180 g/mol. The van der Waals surface area contributed by atoms with Crippen molar-refractivity contribution in [1.29, 1.82) is 0 Å². The molecule has 0 atom stereocenters. The first-order valence-corrected chi connectivity index (χ1v) is 5.84. The van der Waals surface area contributed by atoms with E-state index >= 15 is 0 Å². The third-order valence-electron chi connectivity index (χ3n) is 2.85. The molecule has 0 spiro atoms. The van der Waals surface area contributed by atoms with E-state index in [1.54, 1.807) is 0 Å². The largest absolute Gasteiger partial charge is 0.0840 e. The van der Waals surface area contributed by atoms with Crippen LogP contribution in [0, 0.1) is 0 Å². The van der Waals surface area contributed by atoms with Crippen LogP contribution in [0.3, 0.4) is 0 Å². The molecule has 0 unspecified atom stereocenters. The quantitative estimate of drug-likeness (QED) is 0.677. The van der Waals surface area contributed by atoms with E-state index in [1.165, 1.54) is 43.2 Å². The van der Waals surface area contributed by atoms with E-state index in [4.69, 9.17) is 0 Å². The lowest BCUT2D eigenvalue weighted by molar-refractivity contribution is 0.812. The van der Waals surface area contributed by atoms with Gasteiger partial charge in [0, 0.05) is 0 Å². The number of rotatable bonds is 4. The van der Waals surface area contributed by atoms with Crippen LogP contribution in [-0.4, -0.2) is 0 Å². The molecule has 1 aromatic carbocycles. The van der Waals surface area contributed by atoms with Crippen molar-refractivity contribution < 1.29 is 0 Å². The summed E-state index contributed by atoms with van der Waals surface area (Å²) in [5.74, 6) is 0. The molecular formula is C15H18. The predicted molar refractivity (Wildman–Crippen MR) is 65.8 cm³/mol. The summed E-state index contributed by atoms with van der Waals surface area (Å²) in [5, 5.41) is 0. The summed E-state index contributed by atoms with van der Waals surface area (Å²) in [7, 11) is 0. The van der Waals surface area contributed by atoms with Crippen molar-refractivity contribution in [3.05, 3.63) is 59.7 Å². The van der Waals surface area contributed by atoms with Crippen molar-refractivity contribution in [2.75, 3.05) is 0 Å². The molecule has 0 radical (unpaired) electrons. The van der Waals surface area contributed by atoms with E-state index in [0.717, 1.165) is 0 Å². The zero-order chi connectivity index (χ0) is 10.3. The molecule has 2 rings (SSSR count).